The molecule has 0 aromatic carbocycles. The maximum atomic E-state index is 12.4. The van der Waals surface area contributed by atoms with Crippen LogP contribution < -0.4 is 0 Å². The molecule has 0 radical (unpaired) electrons. The van der Waals surface area contributed by atoms with Crippen molar-refractivity contribution in [1.82, 2.24) is 19.7 Å². The number of aryl methyl sites for hydroxylation is 1. The molecule has 2 amide bonds. The molecule has 0 bridgehead atoms. The smallest absolute Gasteiger partial charge is 0.265 e. The number of nitrogens with zero attached hydrogens (tertiary/aromatic N) is 4. The Morgan fingerprint density at radius 2 is 1.96 bits per heavy atom. The summed E-state index contributed by atoms with van der Waals surface area (Å²) >= 11 is 3.11. The Balaban J connectivity index is 1.52. The number of amides is 2. The minimum absolute atomic E-state index is 0.00948. The lowest BCUT2D eigenvalue weighted by molar-refractivity contribution is -0.132. The van der Waals surface area contributed by atoms with Gasteiger partial charge in [0.15, 0.2) is 0 Å². The highest BCUT2D eigenvalue weighted by atomic mass is 32.1. The van der Waals surface area contributed by atoms with E-state index in [9.17, 15) is 9.59 Å². The highest BCUT2D eigenvalue weighted by Crippen LogP contribution is 2.21. The maximum Gasteiger partial charge on any atom is 0.265 e. The normalized spacial score (nSPS) is 15.3. The summed E-state index contributed by atoms with van der Waals surface area (Å²) in [6.07, 6.45) is 0.499. The van der Waals surface area contributed by atoms with Gasteiger partial charge in [0.2, 0.25) is 5.91 Å². The van der Waals surface area contributed by atoms with Crippen molar-refractivity contribution in [2.45, 2.75) is 19.9 Å². The fourth-order valence-electron chi connectivity index (χ4n) is 2.94. The summed E-state index contributed by atoms with van der Waals surface area (Å²) in [6.45, 7) is 5.80. The zero-order valence-electron chi connectivity index (χ0n) is 15.4. The van der Waals surface area contributed by atoms with E-state index in [0.717, 1.165) is 53.2 Å². The number of carbonyl (C=O) groups is 2. The second-order valence-electron chi connectivity index (χ2n) is 6.63. The van der Waals surface area contributed by atoms with Crippen molar-refractivity contribution >= 4 is 34.5 Å². The van der Waals surface area contributed by atoms with Crippen molar-refractivity contribution in [3.05, 3.63) is 38.0 Å². The average molecular weight is 393 g/mol. The Morgan fingerprint density at radius 1 is 1.23 bits per heavy atom. The lowest BCUT2D eigenvalue weighted by Crippen LogP contribution is -2.48. The number of aromatic nitrogens is 1. The molecule has 0 saturated carbocycles. The molecule has 2 aromatic rings. The molecule has 1 aliphatic heterocycles. The zero-order chi connectivity index (χ0) is 18.7. The van der Waals surface area contributed by atoms with E-state index in [1.165, 1.54) is 11.3 Å². The number of thiazole rings is 1. The first-order chi connectivity index (χ1) is 12.4. The fourth-order valence-corrected chi connectivity index (χ4v) is 4.77. The van der Waals surface area contributed by atoms with Crippen LogP contribution in [0, 0.1) is 6.92 Å². The van der Waals surface area contributed by atoms with Crippen LogP contribution in [-0.2, 0) is 17.8 Å². The fraction of sp³-hybridized carbons (Fsp3) is 0.500. The summed E-state index contributed by atoms with van der Waals surface area (Å²) in [5, 5.41) is 2.97. The summed E-state index contributed by atoms with van der Waals surface area (Å²) in [5.74, 6) is 0.214. The minimum Gasteiger partial charge on any atom is -0.344 e. The summed E-state index contributed by atoms with van der Waals surface area (Å²) in [4.78, 5) is 36.8. The average Bonchev–Trinajstić information content (AvgIpc) is 3.24. The van der Waals surface area contributed by atoms with Crippen LogP contribution in [0.2, 0.25) is 0 Å². The third kappa shape index (κ3) is 4.49. The van der Waals surface area contributed by atoms with Crippen molar-refractivity contribution in [2.75, 3.05) is 40.3 Å². The number of hydrogen-bond donors (Lipinski definition) is 0. The quantitative estimate of drug-likeness (QED) is 0.782. The van der Waals surface area contributed by atoms with Gasteiger partial charge in [-0.3, -0.25) is 14.5 Å². The van der Waals surface area contributed by atoms with Crippen LogP contribution in [0.15, 0.2) is 17.5 Å². The van der Waals surface area contributed by atoms with Gasteiger partial charge in [-0.25, -0.2) is 4.98 Å². The van der Waals surface area contributed by atoms with E-state index < -0.39 is 0 Å². The van der Waals surface area contributed by atoms with Crippen LogP contribution >= 0.6 is 22.7 Å². The Bertz CT molecular complexity index is 762. The van der Waals surface area contributed by atoms with E-state index in [1.807, 2.05) is 29.3 Å². The van der Waals surface area contributed by atoms with E-state index in [4.69, 9.17) is 0 Å². The minimum atomic E-state index is 0.00948. The van der Waals surface area contributed by atoms with Crippen LogP contribution in [0.5, 0.6) is 0 Å². The van der Waals surface area contributed by atoms with Gasteiger partial charge in [-0.2, -0.15) is 0 Å². The van der Waals surface area contributed by atoms with Crippen molar-refractivity contribution < 1.29 is 9.59 Å². The van der Waals surface area contributed by atoms with E-state index in [-0.39, 0.29) is 11.8 Å². The van der Waals surface area contributed by atoms with Gasteiger partial charge in [-0.1, -0.05) is 6.07 Å². The van der Waals surface area contributed by atoms with Gasteiger partial charge in [0.05, 0.1) is 18.7 Å². The van der Waals surface area contributed by atoms with Crippen LogP contribution in [0.4, 0.5) is 0 Å². The number of hydrogen-bond acceptors (Lipinski definition) is 6. The Labute approximate surface area is 162 Å². The van der Waals surface area contributed by atoms with Crippen LogP contribution in [0.3, 0.4) is 0 Å². The second-order valence-corrected chi connectivity index (χ2v) is 8.75. The Hall–Kier alpha value is -1.77. The molecule has 1 fully saturated rings. The predicted molar refractivity (Wildman–Crippen MR) is 105 cm³/mol. The van der Waals surface area contributed by atoms with Crippen LogP contribution in [-0.4, -0.2) is 71.8 Å². The van der Waals surface area contributed by atoms with Gasteiger partial charge in [0.1, 0.15) is 9.88 Å². The van der Waals surface area contributed by atoms with E-state index in [2.05, 4.69) is 9.88 Å². The Kier molecular flexibility index (Phi) is 6.05. The first-order valence-corrected chi connectivity index (χ1v) is 10.3. The van der Waals surface area contributed by atoms with Crippen molar-refractivity contribution in [3.63, 3.8) is 0 Å². The van der Waals surface area contributed by atoms with Gasteiger partial charge in [-0.15, -0.1) is 22.7 Å². The molecular formula is C18H24N4O2S2. The molecule has 0 N–H and O–H groups in total. The zero-order valence-corrected chi connectivity index (χ0v) is 17.0. The highest BCUT2D eigenvalue weighted by Gasteiger charge is 2.23. The molecule has 26 heavy (non-hydrogen) atoms. The molecule has 0 atom stereocenters. The highest BCUT2D eigenvalue weighted by molar-refractivity contribution is 7.13. The second kappa shape index (κ2) is 8.28. The summed E-state index contributed by atoms with van der Waals surface area (Å²) < 4.78 is 0. The van der Waals surface area contributed by atoms with Gasteiger partial charge >= 0.3 is 0 Å². The lowest BCUT2D eigenvalue weighted by Gasteiger charge is -2.34. The molecule has 2 aromatic heterocycles. The maximum absolute atomic E-state index is 12.4. The SMILES string of the molecule is Cc1nc(CN2CCN(C(=O)Cc3cccs3)CC2)sc1C(=O)N(C)C. The first kappa shape index (κ1) is 19.0. The molecule has 3 rings (SSSR count). The molecule has 0 unspecified atom stereocenters. The number of thiophene rings is 1. The number of rotatable bonds is 5. The molecule has 8 heteroatoms. The Morgan fingerprint density at radius 3 is 2.58 bits per heavy atom. The monoisotopic (exact) mass is 392 g/mol. The summed E-state index contributed by atoms with van der Waals surface area (Å²) in [6, 6.07) is 3.99. The van der Waals surface area contributed by atoms with Gasteiger partial charge in [0, 0.05) is 45.2 Å². The summed E-state index contributed by atoms with van der Waals surface area (Å²) in [7, 11) is 3.52. The summed E-state index contributed by atoms with van der Waals surface area (Å²) in [5.41, 5.74) is 0.800. The molecule has 3 heterocycles. The molecule has 0 aliphatic carbocycles. The molecule has 0 spiro atoms. The molecule has 6 nitrogen and oxygen atoms in total. The van der Waals surface area contributed by atoms with Crippen molar-refractivity contribution in [3.8, 4) is 0 Å². The first-order valence-electron chi connectivity index (χ1n) is 8.64. The number of piperazine rings is 1. The molecular weight excluding hydrogens is 368 g/mol. The van der Waals surface area contributed by atoms with E-state index in [1.54, 1.807) is 30.3 Å². The van der Waals surface area contributed by atoms with Crippen LogP contribution in [0.1, 0.15) is 25.3 Å². The van der Waals surface area contributed by atoms with Gasteiger partial charge < -0.3 is 9.80 Å². The molecule has 1 aliphatic rings. The van der Waals surface area contributed by atoms with Crippen molar-refractivity contribution in [1.29, 1.82) is 0 Å². The molecule has 140 valence electrons. The molecule has 1 saturated heterocycles. The van der Waals surface area contributed by atoms with Gasteiger partial charge in [0.25, 0.3) is 5.91 Å². The predicted octanol–water partition coefficient (Wildman–Crippen LogP) is 2.10. The van der Waals surface area contributed by atoms with Crippen LogP contribution in [0.25, 0.3) is 0 Å². The lowest BCUT2D eigenvalue weighted by atomic mass is 10.2. The van der Waals surface area contributed by atoms with E-state index in [0.29, 0.717) is 6.42 Å². The number of carbonyl (C=O) groups excluding carboxylic acids is 2. The third-order valence-electron chi connectivity index (χ3n) is 4.43. The third-order valence-corrected chi connectivity index (χ3v) is 6.44. The largest absolute Gasteiger partial charge is 0.344 e. The van der Waals surface area contributed by atoms with Crippen molar-refractivity contribution in [2.24, 2.45) is 0 Å². The standard InChI is InChI=1S/C18H24N4O2S2/c1-13-17(18(24)20(2)3)26-15(19-13)12-21-6-8-22(9-7-21)16(23)11-14-5-4-10-25-14/h4-5,10H,6-9,11-12H2,1-3H3. The van der Waals surface area contributed by atoms with E-state index >= 15 is 0 Å². The van der Waals surface area contributed by atoms with Gasteiger partial charge in [-0.05, 0) is 18.4 Å². The topological polar surface area (TPSA) is 56.8 Å².